The smallest absolute Gasteiger partial charge is 0.281 e. The SMILES string of the molecule is O=C(NC1CCC(CN2C(=O)C(O)(c3cccs3)c3ccccc32)CC1)c1cc(Cl)cnc1C(F)F. The predicted molar refractivity (Wildman–Crippen MR) is 134 cm³/mol. The quantitative estimate of drug-likeness (QED) is 0.452. The minimum absolute atomic E-state index is 0.117. The van der Waals surface area contributed by atoms with Crippen molar-refractivity contribution in [3.05, 3.63) is 80.8 Å². The Morgan fingerprint density at radius 2 is 1.97 bits per heavy atom. The summed E-state index contributed by atoms with van der Waals surface area (Å²) in [5.74, 6) is -0.798. The van der Waals surface area contributed by atoms with Gasteiger partial charge in [0, 0.05) is 24.3 Å². The number of pyridine rings is 1. The van der Waals surface area contributed by atoms with Gasteiger partial charge < -0.3 is 15.3 Å². The van der Waals surface area contributed by atoms with Crippen molar-refractivity contribution in [3.8, 4) is 0 Å². The van der Waals surface area contributed by atoms with Gasteiger partial charge in [0.05, 0.1) is 21.2 Å². The third kappa shape index (κ3) is 4.40. The van der Waals surface area contributed by atoms with Crippen LogP contribution in [0.15, 0.2) is 54.0 Å². The van der Waals surface area contributed by atoms with Crippen LogP contribution in [0.1, 0.15) is 58.6 Å². The summed E-state index contributed by atoms with van der Waals surface area (Å²) in [6.45, 7) is 0.456. The van der Waals surface area contributed by atoms with Gasteiger partial charge in [0.1, 0.15) is 5.69 Å². The van der Waals surface area contributed by atoms with E-state index in [0.717, 1.165) is 19.0 Å². The lowest BCUT2D eigenvalue weighted by atomic mass is 9.85. The maximum Gasteiger partial charge on any atom is 0.281 e. The summed E-state index contributed by atoms with van der Waals surface area (Å²) in [6, 6.07) is 11.9. The van der Waals surface area contributed by atoms with E-state index in [4.69, 9.17) is 11.6 Å². The first-order valence-corrected chi connectivity index (χ1v) is 13.0. The zero-order valence-corrected chi connectivity index (χ0v) is 20.7. The highest BCUT2D eigenvalue weighted by Gasteiger charge is 2.52. The minimum atomic E-state index is -2.88. The highest BCUT2D eigenvalue weighted by molar-refractivity contribution is 7.10. The lowest BCUT2D eigenvalue weighted by molar-refractivity contribution is -0.132. The van der Waals surface area contributed by atoms with Gasteiger partial charge in [0.2, 0.25) is 5.60 Å². The number of anilines is 1. The maximum atomic E-state index is 13.5. The van der Waals surface area contributed by atoms with Gasteiger partial charge in [-0.05, 0) is 55.2 Å². The summed E-state index contributed by atoms with van der Waals surface area (Å²) >= 11 is 7.22. The van der Waals surface area contributed by atoms with Crippen LogP contribution in [0.5, 0.6) is 0 Å². The van der Waals surface area contributed by atoms with Crippen molar-refractivity contribution >= 4 is 40.4 Å². The molecule has 5 rings (SSSR count). The molecule has 2 amide bonds. The number of rotatable bonds is 6. The van der Waals surface area contributed by atoms with E-state index in [-0.39, 0.29) is 28.5 Å². The van der Waals surface area contributed by atoms with Gasteiger partial charge in [-0.1, -0.05) is 35.9 Å². The molecule has 2 N–H and O–H groups in total. The minimum Gasteiger partial charge on any atom is -0.371 e. The number of hydrogen-bond acceptors (Lipinski definition) is 5. The standard InChI is InChI=1S/C26H24ClF2N3O3S/c27-16-12-18(22(23(28)29)30-13-16)24(33)31-17-9-7-15(8-10-17)14-32-20-5-2-1-4-19(20)26(35,25(32)34)21-6-3-11-36-21/h1-6,11-13,15,17,23,35H,7-10,14H2,(H,31,33). The highest BCUT2D eigenvalue weighted by Crippen LogP contribution is 2.46. The molecule has 0 radical (unpaired) electrons. The fourth-order valence-electron chi connectivity index (χ4n) is 5.16. The molecule has 1 saturated carbocycles. The number of fused-ring (bicyclic) bond motifs is 1. The molecule has 2 aliphatic rings. The summed E-state index contributed by atoms with van der Waals surface area (Å²) < 4.78 is 26.6. The largest absolute Gasteiger partial charge is 0.371 e. The van der Waals surface area contributed by atoms with Crippen molar-refractivity contribution in [1.82, 2.24) is 10.3 Å². The third-order valence-electron chi connectivity index (χ3n) is 6.98. The summed E-state index contributed by atoms with van der Waals surface area (Å²) in [5.41, 5.74) is -1.20. The molecule has 1 atom stereocenters. The number of amides is 2. The van der Waals surface area contributed by atoms with Gasteiger partial charge in [-0.2, -0.15) is 0 Å². The number of alkyl halides is 2. The van der Waals surface area contributed by atoms with Crippen molar-refractivity contribution in [2.24, 2.45) is 5.92 Å². The van der Waals surface area contributed by atoms with Crippen molar-refractivity contribution in [3.63, 3.8) is 0 Å². The average Bonchev–Trinajstić information content (AvgIpc) is 3.49. The number of hydrogen-bond donors (Lipinski definition) is 2. The van der Waals surface area contributed by atoms with Crippen LogP contribution in [0, 0.1) is 5.92 Å². The van der Waals surface area contributed by atoms with Crippen LogP contribution in [-0.2, 0) is 10.4 Å². The lowest BCUT2D eigenvalue weighted by Crippen LogP contribution is -2.44. The number of thiophene rings is 1. The van der Waals surface area contributed by atoms with E-state index < -0.39 is 23.6 Å². The molecule has 0 saturated heterocycles. The van der Waals surface area contributed by atoms with Gasteiger partial charge in [-0.3, -0.25) is 14.6 Å². The van der Waals surface area contributed by atoms with Crippen molar-refractivity contribution in [2.75, 3.05) is 11.4 Å². The number of aromatic nitrogens is 1. The van der Waals surface area contributed by atoms with Crippen LogP contribution in [0.25, 0.3) is 0 Å². The number of aliphatic hydroxyl groups is 1. The number of nitrogens with zero attached hydrogens (tertiary/aromatic N) is 2. The molecule has 1 aliphatic heterocycles. The van der Waals surface area contributed by atoms with E-state index in [1.54, 1.807) is 17.0 Å². The molecule has 36 heavy (non-hydrogen) atoms. The Morgan fingerprint density at radius 3 is 2.67 bits per heavy atom. The Labute approximate surface area is 215 Å². The summed E-state index contributed by atoms with van der Waals surface area (Å²) in [4.78, 5) is 32.1. The number of benzene rings is 1. The molecule has 1 fully saturated rings. The number of nitrogens with one attached hydrogen (secondary N) is 1. The molecule has 2 aromatic heterocycles. The maximum absolute atomic E-state index is 13.5. The monoisotopic (exact) mass is 531 g/mol. The first-order valence-electron chi connectivity index (χ1n) is 11.7. The molecule has 0 spiro atoms. The molecular formula is C26H24ClF2N3O3S. The van der Waals surface area contributed by atoms with Gasteiger partial charge in [0.15, 0.2) is 0 Å². The molecular weight excluding hydrogens is 508 g/mol. The fraction of sp³-hybridized carbons (Fsp3) is 0.346. The Balaban J connectivity index is 1.25. The molecule has 1 unspecified atom stereocenters. The van der Waals surface area contributed by atoms with E-state index in [9.17, 15) is 23.5 Å². The van der Waals surface area contributed by atoms with Crippen molar-refractivity contribution in [2.45, 2.75) is 43.8 Å². The Morgan fingerprint density at radius 1 is 1.22 bits per heavy atom. The molecule has 1 aromatic carbocycles. The molecule has 10 heteroatoms. The van der Waals surface area contributed by atoms with Gasteiger partial charge in [0.25, 0.3) is 18.2 Å². The number of carbonyl (C=O) groups is 2. The number of halogens is 3. The molecule has 3 aromatic rings. The van der Waals surface area contributed by atoms with E-state index in [2.05, 4.69) is 10.3 Å². The molecule has 1 aliphatic carbocycles. The lowest BCUT2D eigenvalue weighted by Gasteiger charge is -2.32. The van der Waals surface area contributed by atoms with Crippen LogP contribution < -0.4 is 10.2 Å². The predicted octanol–water partition coefficient (Wildman–Crippen LogP) is 5.31. The van der Waals surface area contributed by atoms with Gasteiger partial charge in [-0.25, -0.2) is 8.78 Å². The zero-order valence-electron chi connectivity index (χ0n) is 19.2. The van der Waals surface area contributed by atoms with Crippen molar-refractivity contribution in [1.29, 1.82) is 0 Å². The average molecular weight is 532 g/mol. The van der Waals surface area contributed by atoms with Crippen LogP contribution >= 0.6 is 22.9 Å². The molecule has 3 heterocycles. The van der Waals surface area contributed by atoms with Crippen LogP contribution in [0.2, 0.25) is 5.02 Å². The normalized spacial score (nSPS) is 23.7. The summed E-state index contributed by atoms with van der Waals surface area (Å²) in [7, 11) is 0. The van der Waals surface area contributed by atoms with Crippen LogP contribution in [0.4, 0.5) is 14.5 Å². The first kappa shape index (κ1) is 24.8. The highest BCUT2D eigenvalue weighted by atomic mass is 35.5. The zero-order chi connectivity index (χ0) is 25.4. The Kier molecular flexibility index (Phi) is 6.80. The second kappa shape index (κ2) is 9.88. The van der Waals surface area contributed by atoms with E-state index >= 15 is 0 Å². The second-order valence-corrected chi connectivity index (χ2v) is 10.6. The molecule has 0 bridgehead atoms. The molecule has 188 valence electrons. The van der Waals surface area contributed by atoms with E-state index in [0.29, 0.717) is 35.5 Å². The van der Waals surface area contributed by atoms with Crippen molar-refractivity contribution < 1.29 is 23.5 Å². The second-order valence-electron chi connectivity index (χ2n) is 9.20. The Hall–Kier alpha value is -2.88. The van der Waals surface area contributed by atoms with E-state index in [1.807, 2.05) is 29.6 Å². The van der Waals surface area contributed by atoms with E-state index in [1.165, 1.54) is 17.4 Å². The summed E-state index contributed by atoms with van der Waals surface area (Å²) in [6.07, 6.45) is 0.990. The van der Waals surface area contributed by atoms with Crippen LogP contribution in [0.3, 0.4) is 0 Å². The van der Waals surface area contributed by atoms with Gasteiger partial charge >= 0.3 is 0 Å². The van der Waals surface area contributed by atoms with Gasteiger partial charge in [-0.15, -0.1) is 11.3 Å². The third-order valence-corrected chi connectivity index (χ3v) is 8.16. The first-order chi connectivity index (χ1) is 17.3. The Bertz CT molecular complexity index is 1280. The number of carbonyl (C=O) groups excluding carboxylic acids is 2. The number of para-hydroxylation sites is 1. The molecule has 6 nitrogen and oxygen atoms in total. The van der Waals surface area contributed by atoms with Crippen LogP contribution in [-0.4, -0.2) is 34.5 Å². The topological polar surface area (TPSA) is 82.5 Å². The summed E-state index contributed by atoms with van der Waals surface area (Å²) in [5, 5.41) is 16.3. The fourth-order valence-corrected chi connectivity index (χ4v) is 6.14.